The molecule has 0 amide bonds. The molecule has 282 valence electrons. The molecular weight excluding hydrogens is 725 g/mol. The van der Waals surface area contributed by atoms with Crippen molar-refractivity contribution in [3.63, 3.8) is 0 Å². The highest BCUT2D eigenvalue weighted by molar-refractivity contribution is 6.20. The van der Waals surface area contributed by atoms with Crippen molar-refractivity contribution in [2.45, 2.75) is 18.3 Å². The van der Waals surface area contributed by atoms with Crippen molar-refractivity contribution in [2.24, 2.45) is 0 Å². The topological polar surface area (TPSA) is 52.6 Å². The summed E-state index contributed by atoms with van der Waals surface area (Å²) >= 11 is 0. The molecule has 59 heavy (non-hydrogen) atoms. The lowest BCUT2D eigenvalue weighted by Gasteiger charge is -2.32. The van der Waals surface area contributed by atoms with Gasteiger partial charge in [-0.25, -0.2) is 9.59 Å². The van der Waals surface area contributed by atoms with Gasteiger partial charge < -0.3 is 9.47 Å². The molecule has 3 aliphatic carbocycles. The highest BCUT2D eigenvalue weighted by Crippen LogP contribution is 2.56. The molecule has 3 aliphatic rings. The molecule has 0 saturated carbocycles. The van der Waals surface area contributed by atoms with Crippen LogP contribution in [0.25, 0.3) is 99.4 Å². The Labute approximate surface area is 342 Å². The van der Waals surface area contributed by atoms with E-state index >= 15 is 0 Å². The van der Waals surface area contributed by atoms with Gasteiger partial charge in [0, 0.05) is 12.2 Å². The molecule has 8 aromatic carbocycles. The molecular formula is C55H38O4. The van der Waals surface area contributed by atoms with Gasteiger partial charge in [-0.05, 0) is 136 Å². The molecule has 0 fully saturated rings. The standard InChI is InChI=1S/C55H38O4/c1-3-51(56)58-29-11-28-55(32-59-52(57)4-2)49-30-33(35-24-26-47-39-14-7-5-12-37(39)45-18-9-16-43(35)53(45)47)20-22-41(49)42-23-21-34(31-50(42)55)36-25-27-48-40-15-8-6-13-38(40)46-19-10-17-44(36)54(46)48/h3-10,12-27,30-31H,1-2,11,28-29,32H2. The van der Waals surface area contributed by atoms with Gasteiger partial charge in [-0.15, -0.1) is 0 Å². The number of benzene rings is 8. The Morgan fingerprint density at radius 1 is 0.458 bits per heavy atom. The van der Waals surface area contributed by atoms with E-state index in [4.69, 9.17) is 9.47 Å². The fourth-order valence-corrected chi connectivity index (χ4v) is 10.3. The number of rotatable bonds is 10. The van der Waals surface area contributed by atoms with Gasteiger partial charge in [-0.2, -0.15) is 0 Å². The van der Waals surface area contributed by atoms with Crippen LogP contribution in [-0.4, -0.2) is 25.2 Å². The van der Waals surface area contributed by atoms with Crippen LogP contribution in [0.5, 0.6) is 0 Å². The third-order valence-electron chi connectivity index (χ3n) is 12.9. The summed E-state index contributed by atoms with van der Waals surface area (Å²) in [5.74, 6) is -0.943. The Balaban J connectivity index is 1.09. The van der Waals surface area contributed by atoms with E-state index in [1.165, 1.54) is 78.2 Å². The lowest BCUT2D eigenvalue weighted by molar-refractivity contribution is -0.139. The summed E-state index contributed by atoms with van der Waals surface area (Å²) in [6.45, 7) is 7.59. The summed E-state index contributed by atoms with van der Waals surface area (Å²) in [6, 6.07) is 52.9. The zero-order valence-electron chi connectivity index (χ0n) is 32.4. The smallest absolute Gasteiger partial charge is 0.330 e. The van der Waals surface area contributed by atoms with Gasteiger partial charge in [-0.1, -0.05) is 147 Å². The van der Waals surface area contributed by atoms with Crippen LogP contribution >= 0.6 is 0 Å². The first-order valence-corrected chi connectivity index (χ1v) is 20.2. The Morgan fingerprint density at radius 3 is 1.34 bits per heavy atom. The summed E-state index contributed by atoms with van der Waals surface area (Å²) in [7, 11) is 0. The van der Waals surface area contributed by atoms with Crippen molar-refractivity contribution < 1.29 is 19.1 Å². The lowest BCUT2D eigenvalue weighted by atomic mass is 9.74. The van der Waals surface area contributed by atoms with Gasteiger partial charge >= 0.3 is 11.9 Å². The number of ether oxygens (including phenoxy) is 2. The van der Waals surface area contributed by atoms with E-state index in [1.807, 2.05) is 0 Å². The summed E-state index contributed by atoms with van der Waals surface area (Å²) in [5.41, 5.74) is 18.1. The zero-order valence-corrected chi connectivity index (χ0v) is 32.4. The molecule has 4 nitrogen and oxygen atoms in total. The van der Waals surface area contributed by atoms with Crippen LogP contribution in [0.4, 0.5) is 0 Å². The van der Waals surface area contributed by atoms with Crippen molar-refractivity contribution >= 4 is 33.5 Å². The molecule has 8 aromatic rings. The molecule has 0 radical (unpaired) electrons. The largest absolute Gasteiger partial charge is 0.463 e. The molecule has 11 rings (SSSR count). The Morgan fingerprint density at radius 2 is 0.864 bits per heavy atom. The number of hydrogen-bond donors (Lipinski definition) is 0. The summed E-state index contributed by atoms with van der Waals surface area (Å²) in [6.07, 6.45) is 3.51. The minimum absolute atomic E-state index is 0.0957. The van der Waals surface area contributed by atoms with Gasteiger partial charge in [0.1, 0.15) is 6.61 Å². The van der Waals surface area contributed by atoms with Crippen molar-refractivity contribution in [1.82, 2.24) is 0 Å². The molecule has 0 aromatic heterocycles. The minimum Gasteiger partial charge on any atom is -0.463 e. The highest BCUT2D eigenvalue weighted by atomic mass is 16.5. The van der Waals surface area contributed by atoms with Crippen molar-refractivity contribution in [2.75, 3.05) is 13.2 Å². The van der Waals surface area contributed by atoms with Crippen molar-refractivity contribution in [3.8, 4) is 77.9 Å². The molecule has 4 heteroatoms. The second-order valence-electron chi connectivity index (χ2n) is 15.8. The van der Waals surface area contributed by atoms with Crippen LogP contribution in [0.1, 0.15) is 24.0 Å². The third kappa shape index (κ3) is 5.16. The molecule has 0 bridgehead atoms. The number of carbonyl (C=O) groups excluding carboxylic acids is 2. The van der Waals surface area contributed by atoms with Gasteiger partial charge in [0.2, 0.25) is 0 Å². The Hall–Kier alpha value is -7.30. The number of fused-ring (bicyclic) bond motifs is 9. The van der Waals surface area contributed by atoms with E-state index < -0.39 is 17.4 Å². The normalized spacial score (nSPS) is 13.1. The highest BCUT2D eigenvalue weighted by Gasteiger charge is 2.45. The summed E-state index contributed by atoms with van der Waals surface area (Å²) in [4.78, 5) is 25.2. The average molecular weight is 763 g/mol. The number of carbonyl (C=O) groups is 2. The average Bonchev–Trinajstić information content (AvgIpc) is 3.89. The zero-order chi connectivity index (χ0) is 39.8. The lowest BCUT2D eigenvalue weighted by Crippen LogP contribution is -2.33. The first-order valence-electron chi connectivity index (χ1n) is 20.2. The minimum atomic E-state index is -0.758. The van der Waals surface area contributed by atoms with Crippen LogP contribution in [0, 0.1) is 0 Å². The maximum absolute atomic E-state index is 13.0. The van der Waals surface area contributed by atoms with Crippen LogP contribution in [0.3, 0.4) is 0 Å². The SMILES string of the molecule is C=CC(=O)OCCCC1(COC(=O)C=C)c2cc(-c3ccc4c5c(cccc35)-c3ccccc3-4)ccc2-c2ccc(-c3ccc4c5c(cccc35)-c3ccccc3-4)cc21. The first-order chi connectivity index (χ1) is 29.0. The van der Waals surface area contributed by atoms with Crippen LogP contribution < -0.4 is 0 Å². The van der Waals surface area contributed by atoms with Crippen LogP contribution in [0.15, 0.2) is 171 Å². The quantitative estimate of drug-likeness (QED) is 0.0791. The second kappa shape index (κ2) is 13.4. The predicted octanol–water partition coefficient (Wildman–Crippen LogP) is 13.1. The molecule has 0 atom stereocenters. The maximum atomic E-state index is 13.0. The third-order valence-corrected chi connectivity index (χ3v) is 12.9. The second-order valence-corrected chi connectivity index (χ2v) is 15.8. The molecule has 0 unspecified atom stereocenters. The van der Waals surface area contributed by atoms with E-state index in [0.29, 0.717) is 12.8 Å². The van der Waals surface area contributed by atoms with E-state index in [0.717, 1.165) is 44.5 Å². The number of esters is 2. The predicted molar refractivity (Wildman–Crippen MR) is 239 cm³/mol. The van der Waals surface area contributed by atoms with Gasteiger partial charge in [0.05, 0.1) is 12.0 Å². The number of hydrogen-bond acceptors (Lipinski definition) is 4. The van der Waals surface area contributed by atoms with Crippen molar-refractivity contribution in [3.05, 3.63) is 182 Å². The Kier molecular flexibility index (Phi) is 7.92. The molecule has 0 aliphatic heterocycles. The van der Waals surface area contributed by atoms with Gasteiger partial charge in [0.25, 0.3) is 0 Å². The fraction of sp³-hybridized carbons (Fsp3) is 0.0909. The molecule has 0 heterocycles. The van der Waals surface area contributed by atoms with E-state index in [2.05, 4.69) is 159 Å². The summed E-state index contributed by atoms with van der Waals surface area (Å²) < 4.78 is 11.6. The molecule has 0 spiro atoms. The Bertz CT molecular complexity index is 2910. The van der Waals surface area contributed by atoms with Gasteiger partial charge in [0.15, 0.2) is 0 Å². The monoisotopic (exact) mass is 762 g/mol. The van der Waals surface area contributed by atoms with Crippen LogP contribution in [0.2, 0.25) is 0 Å². The van der Waals surface area contributed by atoms with Crippen LogP contribution in [-0.2, 0) is 24.5 Å². The summed E-state index contributed by atoms with van der Waals surface area (Å²) in [5, 5.41) is 4.93. The maximum Gasteiger partial charge on any atom is 0.330 e. The first kappa shape index (κ1) is 34.9. The van der Waals surface area contributed by atoms with E-state index in [-0.39, 0.29) is 13.2 Å². The van der Waals surface area contributed by atoms with E-state index in [9.17, 15) is 9.59 Å². The fourth-order valence-electron chi connectivity index (χ4n) is 10.3. The molecule has 0 N–H and O–H groups in total. The van der Waals surface area contributed by atoms with E-state index in [1.54, 1.807) is 0 Å². The van der Waals surface area contributed by atoms with Gasteiger partial charge in [-0.3, -0.25) is 0 Å². The van der Waals surface area contributed by atoms with Crippen molar-refractivity contribution in [1.29, 1.82) is 0 Å². The molecule has 0 saturated heterocycles.